The molecule has 0 radical (unpaired) electrons. The minimum Gasteiger partial charge on any atom is -0.468 e. The highest BCUT2D eigenvalue weighted by Crippen LogP contribution is 2.34. The summed E-state index contributed by atoms with van der Waals surface area (Å²) in [5.74, 6) is -1.01. The molecule has 9 heteroatoms. The lowest BCUT2D eigenvalue weighted by Gasteiger charge is -2.10. The number of benzene rings is 2. The topological polar surface area (TPSA) is 77.4 Å². The van der Waals surface area contributed by atoms with E-state index in [4.69, 9.17) is 16.3 Å². The van der Waals surface area contributed by atoms with Crippen LogP contribution in [0.15, 0.2) is 47.4 Å². The van der Waals surface area contributed by atoms with Crippen molar-refractivity contribution >= 4 is 44.2 Å². The highest BCUT2D eigenvalue weighted by atomic mass is 35.5. The highest BCUT2D eigenvalue weighted by Gasteiger charge is 2.22. The first-order chi connectivity index (χ1) is 12.7. The van der Waals surface area contributed by atoms with Crippen molar-refractivity contribution in [2.24, 2.45) is 0 Å². The maximum Gasteiger partial charge on any atom is 0.325 e. The molecule has 3 aromatic rings. The number of esters is 1. The van der Waals surface area contributed by atoms with E-state index in [1.807, 2.05) is 0 Å². The molecule has 1 N–H and O–H groups in total. The van der Waals surface area contributed by atoms with E-state index in [1.165, 1.54) is 19.2 Å². The van der Waals surface area contributed by atoms with Crippen LogP contribution in [0.5, 0.6) is 0 Å². The largest absolute Gasteiger partial charge is 0.468 e. The molecular formula is C18H16ClFN2O4S. The lowest BCUT2D eigenvalue weighted by atomic mass is 10.2. The van der Waals surface area contributed by atoms with Gasteiger partial charge >= 0.3 is 5.97 Å². The molecule has 0 saturated heterocycles. The minimum atomic E-state index is -3.97. The number of methoxy groups -OCH3 is 1. The predicted molar refractivity (Wildman–Crippen MR) is 101 cm³/mol. The Morgan fingerprint density at radius 3 is 2.52 bits per heavy atom. The van der Waals surface area contributed by atoms with Crippen LogP contribution in [-0.2, 0) is 26.1 Å². The second kappa shape index (κ2) is 7.21. The second-order valence-corrected chi connectivity index (χ2v) is 7.96. The van der Waals surface area contributed by atoms with E-state index in [2.05, 4.69) is 4.72 Å². The number of ether oxygens (including phenoxy) is 1. The van der Waals surface area contributed by atoms with Crippen LogP contribution in [0.4, 0.5) is 10.1 Å². The number of nitrogens with one attached hydrogen (secondary N) is 1. The smallest absolute Gasteiger partial charge is 0.325 e. The van der Waals surface area contributed by atoms with Crippen LogP contribution >= 0.6 is 11.6 Å². The van der Waals surface area contributed by atoms with Gasteiger partial charge in [0, 0.05) is 16.1 Å². The molecule has 6 nitrogen and oxygen atoms in total. The van der Waals surface area contributed by atoms with Gasteiger partial charge in [0.15, 0.2) is 0 Å². The first-order valence-electron chi connectivity index (χ1n) is 7.86. The molecule has 0 aliphatic carbocycles. The maximum absolute atomic E-state index is 13.1. The van der Waals surface area contributed by atoms with Crippen molar-refractivity contribution in [3.8, 4) is 0 Å². The van der Waals surface area contributed by atoms with Crippen LogP contribution in [0.25, 0.3) is 10.9 Å². The molecule has 142 valence electrons. The van der Waals surface area contributed by atoms with E-state index in [0.717, 1.165) is 12.1 Å². The van der Waals surface area contributed by atoms with Crippen LogP contribution in [-0.4, -0.2) is 26.1 Å². The number of nitrogens with zero attached hydrogens (tertiary/aromatic N) is 1. The molecule has 0 aliphatic heterocycles. The van der Waals surface area contributed by atoms with Gasteiger partial charge in [0.25, 0.3) is 10.0 Å². The van der Waals surface area contributed by atoms with Gasteiger partial charge in [-0.25, -0.2) is 12.8 Å². The Bertz CT molecular complexity index is 1120. The van der Waals surface area contributed by atoms with Crippen molar-refractivity contribution in [2.45, 2.75) is 18.4 Å². The number of fused-ring (bicyclic) bond motifs is 1. The van der Waals surface area contributed by atoms with E-state index in [0.29, 0.717) is 27.3 Å². The van der Waals surface area contributed by atoms with Crippen LogP contribution < -0.4 is 4.72 Å². The summed E-state index contributed by atoms with van der Waals surface area (Å²) in [4.78, 5) is 11.7. The Labute approximate surface area is 160 Å². The average Bonchev–Trinajstić information content (AvgIpc) is 2.86. The molecule has 2 aromatic carbocycles. The van der Waals surface area contributed by atoms with Crippen LogP contribution in [0, 0.1) is 12.7 Å². The fraction of sp³-hybridized carbons (Fsp3) is 0.167. The molecule has 0 aliphatic rings. The van der Waals surface area contributed by atoms with Gasteiger partial charge in [-0.2, -0.15) is 0 Å². The van der Waals surface area contributed by atoms with Crippen LogP contribution in [0.3, 0.4) is 0 Å². The molecular weight excluding hydrogens is 395 g/mol. The molecule has 1 aromatic heterocycles. The molecule has 0 atom stereocenters. The van der Waals surface area contributed by atoms with Crippen molar-refractivity contribution in [3.05, 3.63) is 59.0 Å². The van der Waals surface area contributed by atoms with Crippen LogP contribution in [0.1, 0.15) is 5.69 Å². The van der Waals surface area contributed by atoms with E-state index >= 15 is 0 Å². The maximum atomic E-state index is 13.1. The van der Waals surface area contributed by atoms with Gasteiger partial charge in [-0.05, 0) is 49.4 Å². The van der Waals surface area contributed by atoms with Gasteiger partial charge < -0.3 is 9.30 Å². The summed E-state index contributed by atoms with van der Waals surface area (Å²) < 4.78 is 47.4. The normalized spacial score (nSPS) is 11.6. The van der Waals surface area contributed by atoms with Crippen LogP contribution in [0.2, 0.25) is 5.02 Å². The Hall–Kier alpha value is -2.58. The summed E-state index contributed by atoms with van der Waals surface area (Å²) in [7, 11) is -2.69. The Balaban J connectivity index is 2.13. The Morgan fingerprint density at radius 2 is 1.89 bits per heavy atom. The molecule has 27 heavy (non-hydrogen) atoms. The monoisotopic (exact) mass is 410 g/mol. The van der Waals surface area contributed by atoms with Gasteiger partial charge in [-0.1, -0.05) is 11.6 Å². The summed E-state index contributed by atoms with van der Waals surface area (Å²) in [5, 5.41) is 0.953. The predicted octanol–water partition coefficient (Wildman–Crippen LogP) is 3.72. The SMILES string of the molecule is COC(=O)Cn1c(C)c(NS(=O)(=O)c2ccc(F)cc2)c2cc(Cl)ccc21. The van der Waals surface area contributed by atoms with Gasteiger partial charge in [0.2, 0.25) is 0 Å². The molecule has 0 saturated carbocycles. The number of halogens is 2. The van der Waals surface area contributed by atoms with E-state index < -0.39 is 21.8 Å². The average molecular weight is 411 g/mol. The third-order valence-electron chi connectivity index (χ3n) is 4.16. The van der Waals surface area contributed by atoms with Crippen molar-refractivity contribution in [3.63, 3.8) is 0 Å². The summed E-state index contributed by atoms with van der Waals surface area (Å²) in [6.45, 7) is 1.60. The number of hydrogen-bond acceptors (Lipinski definition) is 4. The van der Waals surface area contributed by atoms with Crippen molar-refractivity contribution < 1.29 is 22.3 Å². The molecule has 0 bridgehead atoms. The summed E-state index contributed by atoms with van der Waals surface area (Å²) in [6, 6.07) is 9.44. The van der Waals surface area contributed by atoms with Gasteiger partial charge in [0.1, 0.15) is 12.4 Å². The van der Waals surface area contributed by atoms with Crippen molar-refractivity contribution in [1.82, 2.24) is 4.57 Å². The van der Waals surface area contributed by atoms with Crippen molar-refractivity contribution in [2.75, 3.05) is 11.8 Å². The summed E-state index contributed by atoms with van der Waals surface area (Å²) in [6.07, 6.45) is 0. The third-order valence-corrected chi connectivity index (χ3v) is 5.76. The molecule has 0 spiro atoms. The Kier molecular flexibility index (Phi) is 5.12. The molecule has 1 heterocycles. The quantitative estimate of drug-likeness (QED) is 0.650. The van der Waals surface area contributed by atoms with Crippen molar-refractivity contribution in [1.29, 1.82) is 0 Å². The molecule has 0 fully saturated rings. The number of hydrogen-bond donors (Lipinski definition) is 1. The number of anilines is 1. The first kappa shape index (κ1) is 19.2. The highest BCUT2D eigenvalue weighted by molar-refractivity contribution is 7.92. The summed E-state index contributed by atoms with van der Waals surface area (Å²) in [5.41, 5.74) is 1.43. The standard InChI is InChI=1S/C18H16ClFN2O4S/c1-11-18(21-27(24,25)14-6-4-13(20)5-7-14)15-9-12(19)3-8-16(15)22(11)10-17(23)26-2/h3-9,21H,10H2,1-2H3. The molecule has 0 amide bonds. The fourth-order valence-electron chi connectivity index (χ4n) is 2.79. The lowest BCUT2D eigenvalue weighted by molar-refractivity contribution is -0.141. The number of sulfonamides is 1. The molecule has 0 unspecified atom stereocenters. The minimum absolute atomic E-state index is 0.0841. The second-order valence-electron chi connectivity index (χ2n) is 5.84. The number of carbonyl (C=O) groups is 1. The lowest BCUT2D eigenvalue weighted by Crippen LogP contribution is -2.15. The molecule has 3 rings (SSSR count). The number of aromatic nitrogens is 1. The van der Waals surface area contributed by atoms with E-state index in [1.54, 1.807) is 29.7 Å². The zero-order valence-corrected chi connectivity index (χ0v) is 16.1. The summed E-state index contributed by atoms with van der Waals surface area (Å²) >= 11 is 6.07. The third kappa shape index (κ3) is 3.77. The zero-order valence-electron chi connectivity index (χ0n) is 14.5. The Morgan fingerprint density at radius 1 is 1.22 bits per heavy atom. The zero-order chi connectivity index (χ0) is 19.8. The van der Waals surface area contributed by atoms with E-state index in [-0.39, 0.29) is 11.4 Å². The first-order valence-corrected chi connectivity index (χ1v) is 9.72. The fourth-order valence-corrected chi connectivity index (χ4v) is 4.10. The number of carbonyl (C=O) groups excluding carboxylic acids is 1. The van der Waals surface area contributed by atoms with Gasteiger partial charge in [0.05, 0.1) is 23.2 Å². The van der Waals surface area contributed by atoms with Gasteiger partial charge in [-0.15, -0.1) is 0 Å². The number of rotatable bonds is 5. The van der Waals surface area contributed by atoms with E-state index in [9.17, 15) is 17.6 Å². The van der Waals surface area contributed by atoms with Gasteiger partial charge in [-0.3, -0.25) is 9.52 Å².